The number of ether oxygens (including phenoxy) is 1. The molecule has 190 valence electrons. The third-order valence-corrected chi connectivity index (χ3v) is 7.59. The fourth-order valence-electron chi connectivity index (χ4n) is 5.12. The molecule has 1 aromatic rings. The molecule has 4 rings (SSSR count). The SMILES string of the molecule is C=N/C(C#N)=C(C)\C=C(/C)N1C(=O)C2(CCC2)N(c2ccc(OC3CCN(CCO)CC3)nc2)C1=S. The zero-order valence-corrected chi connectivity index (χ0v) is 21.6. The van der Waals surface area contributed by atoms with Crippen LogP contribution in [0.4, 0.5) is 5.69 Å². The molecule has 1 aromatic heterocycles. The van der Waals surface area contributed by atoms with E-state index in [1.165, 1.54) is 0 Å². The van der Waals surface area contributed by atoms with E-state index in [1.54, 1.807) is 24.1 Å². The van der Waals surface area contributed by atoms with Crippen molar-refractivity contribution >= 4 is 35.6 Å². The van der Waals surface area contributed by atoms with Gasteiger partial charge in [0.1, 0.15) is 23.4 Å². The Morgan fingerprint density at radius 2 is 2.11 bits per heavy atom. The minimum Gasteiger partial charge on any atom is -0.474 e. The summed E-state index contributed by atoms with van der Waals surface area (Å²) in [4.78, 5) is 27.6. The molecule has 2 saturated heterocycles. The van der Waals surface area contributed by atoms with Crippen molar-refractivity contribution in [1.29, 1.82) is 5.26 Å². The lowest BCUT2D eigenvalue weighted by molar-refractivity contribution is -0.131. The van der Waals surface area contributed by atoms with Crippen molar-refractivity contribution in [2.45, 2.75) is 57.6 Å². The number of pyridine rings is 1. The summed E-state index contributed by atoms with van der Waals surface area (Å²) in [7, 11) is 0. The summed E-state index contributed by atoms with van der Waals surface area (Å²) in [6.45, 7) is 9.67. The molecule has 1 saturated carbocycles. The van der Waals surface area contributed by atoms with Crippen LogP contribution in [0.2, 0.25) is 0 Å². The summed E-state index contributed by atoms with van der Waals surface area (Å²) < 4.78 is 6.10. The number of likely N-dealkylation sites (tertiary alicyclic amines) is 1. The molecule has 0 unspecified atom stereocenters. The van der Waals surface area contributed by atoms with Gasteiger partial charge in [-0.3, -0.25) is 14.7 Å². The molecule has 2 aliphatic heterocycles. The Kier molecular flexibility index (Phi) is 7.83. The van der Waals surface area contributed by atoms with Crippen LogP contribution < -0.4 is 9.64 Å². The Morgan fingerprint density at radius 1 is 1.39 bits per heavy atom. The number of nitriles is 1. The predicted molar refractivity (Wildman–Crippen MR) is 142 cm³/mol. The molecule has 36 heavy (non-hydrogen) atoms. The third kappa shape index (κ3) is 4.78. The van der Waals surface area contributed by atoms with Crippen LogP contribution in [0.1, 0.15) is 46.0 Å². The maximum absolute atomic E-state index is 13.6. The van der Waals surface area contributed by atoms with Crippen molar-refractivity contribution in [3.05, 3.63) is 41.4 Å². The highest BCUT2D eigenvalue weighted by Gasteiger charge is 2.59. The molecule has 3 heterocycles. The molecular formula is C26H32N6O3S. The number of aliphatic imine (C=N–C) groups is 1. The molecule has 0 bridgehead atoms. The van der Waals surface area contributed by atoms with E-state index in [0.717, 1.165) is 38.0 Å². The zero-order chi connectivity index (χ0) is 25.9. The summed E-state index contributed by atoms with van der Waals surface area (Å²) in [6, 6.07) is 5.76. The van der Waals surface area contributed by atoms with Crippen molar-refractivity contribution in [3.8, 4) is 11.9 Å². The van der Waals surface area contributed by atoms with Gasteiger partial charge in [0.05, 0.1) is 18.5 Å². The van der Waals surface area contributed by atoms with Gasteiger partial charge in [0, 0.05) is 31.4 Å². The molecule has 0 atom stereocenters. The van der Waals surface area contributed by atoms with Gasteiger partial charge < -0.3 is 19.6 Å². The predicted octanol–water partition coefficient (Wildman–Crippen LogP) is 3.18. The topological polar surface area (TPSA) is 105 Å². The van der Waals surface area contributed by atoms with Crippen LogP contribution in [-0.2, 0) is 4.79 Å². The molecule has 0 aromatic carbocycles. The number of nitrogens with zero attached hydrogens (tertiary/aromatic N) is 6. The Morgan fingerprint density at radius 3 is 2.64 bits per heavy atom. The van der Waals surface area contributed by atoms with E-state index >= 15 is 0 Å². The van der Waals surface area contributed by atoms with Crippen molar-refractivity contribution in [1.82, 2.24) is 14.8 Å². The lowest BCUT2D eigenvalue weighted by Crippen LogP contribution is -2.55. The van der Waals surface area contributed by atoms with Crippen molar-refractivity contribution in [3.63, 3.8) is 0 Å². The molecule has 0 radical (unpaired) electrons. The van der Waals surface area contributed by atoms with E-state index in [1.807, 2.05) is 30.0 Å². The van der Waals surface area contributed by atoms with Crippen LogP contribution in [-0.4, -0.2) is 75.5 Å². The normalized spacial score (nSPS) is 21.3. The van der Waals surface area contributed by atoms with Gasteiger partial charge in [-0.05, 0) is 82.6 Å². The summed E-state index contributed by atoms with van der Waals surface area (Å²) >= 11 is 5.81. The maximum Gasteiger partial charge on any atom is 0.259 e. The highest BCUT2D eigenvalue weighted by Crippen LogP contribution is 2.47. The van der Waals surface area contributed by atoms with Crippen LogP contribution >= 0.6 is 12.2 Å². The lowest BCUT2D eigenvalue weighted by Gasteiger charge is -2.42. The number of hydrogen-bond acceptors (Lipinski definition) is 8. The minimum atomic E-state index is -0.706. The molecule has 3 aliphatic rings. The molecule has 3 fully saturated rings. The summed E-state index contributed by atoms with van der Waals surface area (Å²) in [5.41, 5.74) is 1.51. The maximum atomic E-state index is 13.6. The van der Waals surface area contributed by atoms with E-state index in [-0.39, 0.29) is 24.3 Å². The Labute approximate surface area is 217 Å². The number of rotatable bonds is 8. The third-order valence-electron chi connectivity index (χ3n) is 7.23. The molecule has 10 heteroatoms. The van der Waals surface area contributed by atoms with Gasteiger partial charge in [0.2, 0.25) is 5.88 Å². The average Bonchev–Trinajstić information content (AvgIpc) is 3.08. The lowest BCUT2D eigenvalue weighted by atomic mass is 9.75. The first-order valence-electron chi connectivity index (χ1n) is 12.3. The number of aliphatic hydroxyl groups excluding tert-OH is 1. The number of carbonyl (C=O) groups excluding carboxylic acids is 1. The number of anilines is 1. The second-order valence-electron chi connectivity index (χ2n) is 9.47. The van der Waals surface area contributed by atoms with Gasteiger partial charge in [-0.25, -0.2) is 4.98 Å². The average molecular weight is 509 g/mol. The highest BCUT2D eigenvalue weighted by atomic mass is 32.1. The summed E-state index contributed by atoms with van der Waals surface area (Å²) in [5, 5.41) is 18.8. The van der Waals surface area contributed by atoms with E-state index in [9.17, 15) is 10.1 Å². The number of hydrogen-bond donors (Lipinski definition) is 1. The molecule has 9 nitrogen and oxygen atoms in total. The number of thiocarbonyl (C=S) groups is 1. The minimum absolute atomic E-state index is 0.0552. The van der Waals surface area contributed by atoms with Crippen LogP contribution in [0.25, 0.3) is 0 Å². The van der Waals surface area contributed by atoms with Gasteiger partial charge in [0.15, 0.2) is 5.11 Å². The number of amides is 1. The Hall–Kier alpha value is -3.13. The first kappa shape index (κ1) is 25.9. The van der Waals surface area contributed by atoms with Crippen LogP contribution in [0.15, 0.2) is 46.4 Å². The van der Waals surface area contributed by atoms with Gasteiger partial charge in [0.25, 0.3) is 5.91 Å². The van der Waals surface area contributed by atoms with Gasteiger partial charge in [-0.15, -0.1) is 0 Å². The number of aliphatic hydroxyl groups is 1. The van der Waals surface area contributed by atoms with Crippen LogP contribution in [0.5, 0.6) is 5.88 Å². The molecule has 1 N–H and O–H groups in total. The van der Waals surface area contributed by atoms with Gasteiger partial charge in [-0.1, -0.05) is 0 Å². The first-order chi connectivity index (χ1) is 17.3. The van der Waals surface area contributed by atoms with E-state index in [0.29, 0.717) is 41.6 Å². The fraction of sp³-hybridized carbons (Fsp3) is 0.500. The first-order valence-corrected chi connectivity index (χ1v) is 12.7. The molecular weight excluding hydrogens is 476 g/mol. The highest BCUT2D eigenvalue weighted by molar-refractivity contribution is 7.80. The summed E-state index contributed by atoms with van der Waals surface area (Å²) in [5.74, 6) is 0.494. The number of carbonyl (C=O) groups is 1. The van der Waals surface area contributed by atoms with Gasteiger partial charge >= 0.3 is 0 Å². The monoisotopic (exact) mass is 508 g/mol. The van der Waals surface area contributed by atoms with E-state index < -0.39 is 5.54 Å². The molecule has 1 aliphatic carbocycles. The number of aromatic nitrogens is 1. The largest absolute Gasteiger partial charge is 0.474 e. The molecule has 1 spiro atoms. The van der Waals surface area contributed by atoms with E-state index in [4.69, 9.17) is 22.1 Å². The zero-order valence-electron chi connectivity index (χ0n) is 20.8. The number of allylic oxidation sites excluding steroid dienone is 4. The standard InChI is InChI=1S/C26H32N6O3S/c1-18(22(16-27)28-3)15-19(2)31-24(34)26(9-4-10-26)32(25(31)36)20-5-6-23(29-17-20)35-21-7-11-30(12-8-21)13-14-33/h5-6,15,17,21,33H,3-4,7-14H2,1-2H3/b19-15+,22-18-. The smallest absolute Gasteiger partial charge is 0.259 e. The van der Waals surface area contributed by atoms with E-state index in [2.05, 4.69) is 21.6 Å². The Balaban J connectivity index is 1.52. The van der Waals surface area contributed by atoms with Gasteiger partial charge in [-0.2, -0.15) is 5.26 Å². The second-order valence-corrected chi connectivity index (χ2v) is 9.83. The Bertz CT molecular complexity index is 1130. The number of β-amino-alcohol motifs (C(OH)–C–C–N with tert-alkyl or cyclic N) is 1. The summed E-state index contributed by atoms with van der Waals surface area (Å²) in [6.07, 6.45) is 7.71. The quantitative estimate of drug-likeness (QED) is 0.247. The van der Waals surface area contributed by atoms with Crippen molar-refractivity contribution in [2.75, 3.05) is 31.1 Å². The fourth-order valence-corrected chi connectivity index (χ4v) is 5.63. The molecule has 1 amide bonds. The second kappa shape index (κ2) is 10.9. The van der Waals surface area contributed by atoms with Crippen molar-refractivity contribution < 1.29 is 14.6 Å². The van der Waals surface area contributed by atoms with Crippen molar-refractivity contribution in [2.24, 2.45) is 4.99 Å². The number of piperidine rings is 1. The van der Waals surface area contributed by atoms with Crippen LogP contribution in [0, 0.1) is 11.3 Å². The van der Waals surface area contributed by atoms with Crippen LogP contribution in [0.3, 0.4) is 0 Å².